The smallest absolute Gasteiger partial charge is 0.333 e. The Bertz CT molecular complexity index is 1190. The maximum Gasteiger partial charge on any atom is 0.333 e. The Morgan fingerprint density at radius 3 is 2.54 bits per heavy atom. The average Bonchev–Trinajstić information content (AvgIpc) is 2.69. The number of H-pyrrole nitrogens is 1. The normalized spacial score (nSPS) is 10.6. The number of aryl methyl sites for hydroxylation is 1. The van der Waals surface area contributed by atoms with Crippen molar-refractivity contribution >= 4 is 5.91 Å². The summed E-state index contributed by atoms with van der Waals surface area (Å²) in [6.45, 7) is 3.75. The molecule has 0 aliphatic heterocycles. The molecule has 0 saturated carbocycles. The fraction of sp³-hybridized carbons (Fsp3) is 0.211. The van der Waals surface area contributed by atoms with E-state index in [9.17, 15) is 19.2 Å². The molecule has 3 rings (SSSR count). The minimum Gasteiger partial charge on any atom is -0.350 e. The summed E-state index contributed by atoms with van der Waals surface area (Å²) in [5, 5.41) is 2.59. The van der Waals surface area contributed by atoms with Gasteiger partial charge in [-0.3, -0.25) is 19.0 Å². The van der Waals surface area contributed by atoms with Crippen LogP contribution in [0.2, 0.25) is 0 Å². The van der Waals surface area contributed by atoms with Crippen LogP contribution in [0.15, 0.2) is 57.2 Å². The van der Waals surface area contributed by atoms with E-state index in [1.165, 1.54) is 10.9 Å². The molecule has 0 atom stereocenters. The second-order valence-corrected chi connectivity index (χ2v) is 6.19. The topological polar surface area (TPSA) is 119 Å². The second-order valence-electron chi connectivity index (χ2n) is 6.19. The Morgan fingerprint density at radius 1 is 1.11 bits per heavy atom. The molecule has 2 aromatic heterocycles. The van der Waals surface area contributed by atoms with E-state index in [-0.39, 0.29) is 24.2 Å². The number of nitrogens with one attached hydrogen (secondary N) is 2. The highest BCUT2D eigenvalue weighted by Gasteiger charge is 2.15. The van der Waals surface area contributed by atoms with Crippen LogP contribution in [0.1, 0.15) is 21.6 Å². The molecule has 0 radical (unpaired) electrons. The molecule has 0 spiro atoms. The number of carbonyl (C=O) groups excluding carboxylic acids is 1. The van der Waals surface area contributed by atoms with Crippen LogP contribution in [0.5, 0.6) is 0 Å². The zero-order chi connectivity index (χ0) is 20.3. The predicted molar refractivity (Wildman–Crippen MR) is 103 cm³/mol. The van der Waals surface area contributed by atoms with Gasteiger partial charge in [0.2, 0.25) is 0 Å². The number of para-hydroxylation sites is 1. The summed E-state index contributed by atoms with van der Waals surface area (Å²) in [6, 6.07) is 8.31. The number of aromatic amines is 1. The molecule has 1 amide bonds. The second kappa shape index (κ2) is 7.87. The first-order chi connectivity index (χ1) is 13.4. The summed E-state index contributed by atoms with van der Waals surface area (Å²) in [5.74, 6) is -0.643. The van der Waals surface area contributed by atoms with Gasteiger partial charge in [-0.1, -0.05) is 18.2 Å². The van der Waals surface area contributed by atoms with E-state index in [4.69, 9.17) is 0 Å². The van der Waals surface area contributed by atoms with E-state index in [1.807, 2.05) is 0 Å². The standard InChI is InChI=1S/C19H19N5O4/c1-12-13(2)22-11-23(17(12)26)9-8-20-16(25)15-10-21-19(28)24(18(15)27)14-6-4-3-5-7-14/h3-7,10-11H,8-9H2,1-2H3,(H,20,25)(H,21,28). The van der Waals surface area contributed by atoms with Crippen molar-refractivity contribution in [3.05, 3.63) is 90.9 Å². The van der Waals surface area contributed by atoms with Crippen molar-refractivity contribution in [3.8, 4) is 5.69 Å². The van der Waals surface area contributed by atoms with E-state index in [1.54, 1.807) is 44.2 Å². The molecular weight excluding hydrogens is 362 g/mol. The first-order valence-electron chi connectivity index (χ1n) is 8.61. The van der Waals surface area contributed by atoms with Gasteiger partial charge in [-0.05, 0) is 26.0 Å². The molecule has 2 N–H and O–H groups in total. The lowest BCUT2D eigenvalue weighted by Gasteiger charge is -2.10. The summed E-state index contributed by atoms with van der Waals surface area (Å²) in [4.78, 5) is 55.7. The number of hydrogen-bond acceptors (Lipinski definition) is 5. The van der Waals surface area contributed by atoms with Crippen LogP contribution in [0.4, 0.5) is 0 Å². The Labute approximate surface area is 159 Å². The molecule has 0 saturated heterocycles. The van der Waals surface area contributed by atoms with Crippen LogP contribution in [-0.2, 0) is 6.54 Å². The maximum atomic E-state index is 12.6. The van der Waals surface area contributed by atoms with Gasteiger partial charge in [-0.25, -0.2) is 14.3 Å². The molecule has 9 heteroatoms. The molecule has 0 unspecified atom stereocenters. The van der Waals surface area contributed by atoms with Crippen molar-refractivity contribution in [2.75, 3.05) is 6.54 Å². The van der Waals surface area contributed by atoms with E-state index < -0.39 is 17.2 Å². The number of carbonyl (C=O) groups is 1. The van der Waals surface area contributed by atoms with Crippen molar-refractivity contribution in [2.45, 2.75) is 20.4 Å². The van der Waals surface area contributed by atoms with Gasteiger partial charge in [0, 0.05) is 30.5 Å². The predicted octanol–water partition coefficient (Wildman–Crippen LogP) is 0.129. The van der Waals surface area contributed by atoms with Crippen LogP contribution in [-0.4, -0.2) is 31.6 Å². The molecule has 3 aromatic rings. The third kappa shape index (κ3) is 3.68. The molecule has 0 aliphatic rings. The van der Waals surface area contributed by atoms with Gasteiger partial charge in [0.25, 0.3) is 17.0 Å². The molecule has 2 heterocycles. The van der Waals surface area contributed by atoms with Crippen molar-refractivity contribution in [1.82, 2.24) is 24.4 Å². The number of hydrogen-bond donors (Lipinski definition) is 2. The van der Waals surface area contributed by atoms with Crippen molar-refractivity contribution < 1.29 is 4.79 Å². The van der Waals surface area contributed by atoms with Gasteiger partial charge in [0.1, 0.15) is 5.56 Å². The van der Waals surface area contributed by atoms with Crippen molar-refractivity contribution in [3.63, 3.8) is 0 Å². The minimum atomic E-state index is -0.725. The van der Waals surface area contributed by atoms with E-state index in [2.05, 4.69) is 15.3 Å². The van der Waals surface area contributed by atoms with Crippen LogP contribution in [0.25, 0.3) is 5.69 Å². The quantitative estimate of drug-likeness (QED) is 0.651. The third-order valence-electron chi connectivity index (χ3n) is 4.39. The third-order valence-corrected chi connectivity index (χ3v) is 4.39. The van der Waals surface area contributed by atoms with Gasteiger partial charge in [-0.15, -0.1) is 0 Å². The van der Waals surface area contributed by atoms with Gasteiger partial charge in [0.05, 0.1) is 12.0 Å². The fourth-order valence-electron chi connectivity index (χ4n) is 2.67. The van der Waals surface area contributed by atoms with Gasteiger partial charge < -0.3 is 10.3 Å². The fourth-order valence-corrected chi connectivity index (χ4v) is 2.67. The number of benzene rings is 1. The van der Waals surface area contributed by atoms with E-state index >= 15 is 0 Å². The number of nitrogens with zero attached hydrogens (tertiary/aromatic N) is 3. The van der Waals surface area contributed by atoms with E-state index in [0.717, 1.165) is 10.8 Å². The van der Waals surface area contributed by atoms with Crippen LogP contribution < -0.4 is 22.1 Å². The zero-order valence-corrected chi connectivity index (χ0v) is 15.4. The van der Waals surface area contributed by atoms with Gasteiger partial charge >= 0.3 is 5.69 Å². The summed E-state index contributed by atoms with van der Waals surface area (Å²) < 4.78 is 2.28. The highest BCUT2D eigenvalue weighted by Crippen LogP contribution is 2.01. The van der Waals surface area contributed by atoms with Gasteiger partial charge in [0.15, 0.2) is 0 Å². The Balaban J connectivity index is 1.79. The maximum absolute atomic E-state index is 12.6. The van der Waals surface area contributed by atoms with Crippen LogP contribution in [0, 0.1) is 13.8 Å². The molecular formula is C19H19N5O4. The lowest BCUT2D eigenvalue weighted by Crippen LogP contribution is -2.40. The largest absolute Gasteiger partial charge is 0.350 e. The van der Waals surface area contributed by atoms with E-state index in [0.29, 0.717) is 16.9 Å². The first kappa shape index (κ1) is 19.0. The lowest BCUT2D eigenvalue weighted by molar-refractivity contribution is 0.0949. The SMILES string of the molecule is Cc1ncn(CCNC(=O)c2c[nH]c(=O)n(-c3ccccc3)c2=O)c(=O)c1C. The monoisotopic (exact) mass is 381 g/mol. The highest BCUT2D eigenvalue weighted by atomic mass is 16.2. The molecule has 0 bridgehead atoms. The number of rotatable bonds is 5. The summed E-state index contributed by atoms with van der Waals surface area (Å²) in [5.41, 5.74) is -0.194. The van der Waals surface area contributed by atoms with Gasteiger partial charge in [-0.2, -0.15) is 0 Å². The Hall–Kier alpha value is -3.75. The summed E-state index contributed by atoms with van der Waals surface area (Å²) >= 11 is 0. The summed E-state index contributed by atoms with van der Waals surface area (Å²) in [6.07, 6.45) is 2.50. The summed E-state index contributed by atoms with van der Waals surface area (Å²) in [7, 11) is 0. The van der Waals surface area contributed by atoms with Crippen molar-refractivity contribution in [2.24, 2.45) is 0 Å². The Morgan fingerprint density at radius 2 is 1.82 bits per heavy atom. The minimum absolute atomic E-state index is 0.118. The highest BCUT2D eigenvalue weighted by molar-refractivity contribution is 5.93. The lowest BCUT2D eigenvalue weighted by atomic mass is 10.2. The Kier molecular flexibility index (Phi) is 5.35. The molecule has 1 aromatic carbocycles. The molecule has 28 heavy (non-hydrogen) atoms. The van der Waals surface area contributed by atoms with Crippen molar-refractivity contribution in [1.29, 1.82) is 0 Å². The molecule has 0 aliphatic carbocycles. The molecule has 9 nitrogen and oxygen atoms in total. The number of aromatic nitrogens is 4. The van der Waals surface area contributed by atoms with Crippen LogP contribution in [0.3, 0.4) is 0 Å². The molecule has 144 valence electrons. The molecule has 0 fully saturated rings. The average molecular weight is 381 g/mol. The first-order valence-corrected chi connectivity index (χ1v) is 8.61. The number of amides is 1. The zero-order valence-electron chi connectivity index (χ0n) is 15.4. The van der Waals surface area contributed by atoms with Crippen LogP contribution >= 0.6 is 0 Å².